The largest absolute Gasteiger partial charge is 0.465 e. The van der Waals surface area contributed by atoms with Crippen molar-refractivity contribution in [3.05, 3.63) is 66.2 Å². The van der Waals surface area contributed by atoms with E-state index in [0.29, 0.717) is 30.2 Å². The van der Waals surface area contributed by atoms with Gasteiger partial charge in [-0.3, -0.25) is 14.4 Å². The molecule has 5 atom stereocenters. The molecule has 3 aliphatic rings. The molecule has 2 aromatic carbocycles. The molecular weight excluding hydrogens is 659 g/mol. The number of amides is 4. The van der Waals surface area contributed by atoms with Gasteiger partial charge in [0.1, 0.15) is 29.3 Å². The van der Waals surface area contributed by atoms with Gasteiger partial charge in [-0.05, 0) is 83.2 Å². The van der Waals surface area contributed by atoms with E-state index in [1.807, 2.05) is 43.3 Å². The van der Waals surface area contributed by atoms with Gasteiger partial charge in [-0.1, -0.05) is 60.6 Å². The highest BCUT2D eigenvalue weighted by atomic mass is 32.1. The number of para-hydroxylation sites is 1. The van der Waals surface area contributed by atoms with Crippen LogP contribution in [0.3, 0.4) is 0 Å². The number of nitrogens with zero attached hydrogens (tertiary/aromatic N) is 2. The molecule has 2 fully saturated rings. The first-order valence-electron chi connectivity index (χ1n) is 17.2. The van der Waals surface area contributed by atoms with Gasteiger partial charge >= 0.3 is 6.09 Å². The SMILES string of the molecule is Cc1ccc2nc(O[C@@H]3C[C@H]4C(=O)N[C@]5(C(=O)NOc6ccccc6)C[C@H]5C=CCCCCC[C@H](NC(=O)OC(C)(C)C)C(=O)N4C3)sc2c1. The van der Waals surface area contributed by atoms with Gasteiger partial charge in [0.2, 0.25) is 11.8 Å². The fourth-order valence-corrected chi connectivity index (χ4v) is 7.48. The van der Waals surface area contributed by atoms with E-state index in [-0.39, 0.29) is 18.9 Å². The molecule has 50 heavy (non-hydrogen) atoms. The van der Waals surface area contributed by atoms with Crippen LogP contribution < -0.4 is 25.7 Å². The van der Waals surface area contributed by atoms with E-state index in [4.69, 9.17) is 14.3 Å². The Morgan fingerprint density at radius 2 is 1.88 bits per heavy atom. The molecule has 3 N–H and O–H groups in total. The highest BCUT2D eigenvalue weighted by molar-refractivity contribution is 7.20. The molecular formula is C37H45N5O7S. The third-order valence-electron chi connectivity index (χ3n) is 9.13. The molecule has 4 amide bonds. The topological polar surface area (TPSA) is 148 Å². The summed E-state index contributed by atoms with van der Waals surface area (Å²) in [6.07, 6.45) is 6.84. The number of hydrogen-bond donors (Lipinski definition) is 3. The van der Waals surface area contributed by atoms with Gasteiger partial charge in [-0.2, -0.15) is 5.48 Å². The van der Waals surface area contributed by atoms with Crippen molar-refractivity contribution in [3.63, 3.8) is 0 Å². The highest BCUT2D eigenvalue weighted by Gasteiger charge is 2.61. The van der Waals surface area contributed by atoms with Crippen LogP contribution in [0.1, 0.15) is 71.3 Å². The maximum atomic E-state index is 14.3. The van der Waals surface area contributed by atoms with Crippen molar-refractivity contribution < 1.29 is 33.5 Å². The molecule has 1 saturated heterocycles. The molecule has 13 heteroatoms. The number of ether oxygens (including phenoxy) is 2. The Labute approximate surface area is 295 Å². The van der Waals surface area contributed by atoms with Gasteiger partial charge in [0.15, 0.2) is 5.75 Å². The number of carbonyl (C=O) groups is 4. The van der Waals surface area contributed by atoms with Crippen molar-refractivity contribution >= 4 is 45.4 Å². The minimum atomic E-state index is -1.25. The highest BCUT2D eigenvalue weighted by Crippen LogP contribution is 2.45. The Balaban J connectivity index is 1.27. The first-order chi connectivity index (χ1) is 23.9. The Kier molecular flexibility index (Phi) is 10.3. The van der Waals surface area contributed by atoms with Crippen LogP contribution in [0.4, 0.5) is 4.79 Å². The van der Waals surface area contributed by atoms with Crippen LogP contribution in [0, 0.1) is 12.8 Å². The van der Waals surface area contributed by atoms with Crippen LogP contribution in [0.25, 0.3) is 10.2 Å². The minimum Gasteiger partial charge on any atom is -0.465 e. The van der Waals surface area contributed by atoms with E-state index < -0.39 is 53.1 Å². The average Bonchev–Trinajstić information content (AvgIpc) is 3.37. The van der Waals surface area contributed by atoms with Crippen molar-refractivity contribution in [1.82, 2.24) is 26.0 Å². The molecule has 1 aliphatic carbocycles. The monoisotopic (exact) mass is 703 g/mol. The number of benzene rings is 2. The molecule has 0 spiro atoms. The zero-order valence-corrected chi connectivity index (χ0v) is 29.7. The number of hydrogen-bond acceptors (Lipinski definition) is 9. The van der Waals surface area contributed by atoms with Gasteiger partial charge in [0.05, 0.1) is 16.8 Å². The second kappa shape index (κ2) is 14.7. The van der Waals surface area contributed by atoms with Crippen molar-refractivity contribution in [3.8, 4) is 10.9 Å². The first-order valence-corrected chi connectivity index (χ1v) is 18.1. The Bertz CT molecular complexity index is 1760. The van der Waals surface area contributed by atoms with E-state index >= 15 is 0 Å². The van der Waals surface area contributed by atoms with Crippen molar-refractivity contribution in [2.45, 2.75) is 102 Å². The van der Waals surface area contributed by atoms with E-state index in [9.17, 15) is 19.2 Å². The number of aryl methyl sites for hydroxylation is 1. The lowest BCUT2D eigenvalue weighted by molar-refractivity contribution is -0.142. The quantitative estimate of drug-likeness (QED) is 0.230. The summed E-state index contributed by atoms with van der Waals surface area (Å²) in [5.41, 5.74) is 2.42. The number of aromatic nitrogens is 1. The first kappa shape index (κ1) is 35.2. The summed E-state index contributed by atoms with van der Waals surface area (Å²) in [5, 5.41) is 6.23. The van der Waals surface area contributed by atoms with Gasteiger partial charge in [-0.15, -0.1) is 0 Å². The molecule has 6 rings (SSSR count). The zero-order chi connectivity index (χ0) is 35.5. The van der Waals surface area contributed by atoms with Crippen LogP contribution >= 0.6 is 11.3 Å². The van der Waals surface area contributed by atoms with Crippen LogP contribution in [0.5, 0.6) is 10.9 Å². The summed E-state index contributed by atoms with van der Waals surface area (Å²) in [6.45, 7) is 7.37. The Morgan fingerprint density at radius 3 is 2.66 bits per heavy atom. The summed E-state index contributed by atoms with van der Waals surface area (Å²) < 4.78 is 12.8. The van der Waals surface area contributed by atoms with Crippen molar-refractivity contribution in [1.29, 1.82) is 0 Å². The van der Waals surface area contributed by atoms with E-state index in [1.54, 1.807) is 45.0 Å². The summed E-state index contributed by atoms with van der Waals surface area (Å²) in [5.74, 6) is -1.17. The van der Waals surface area contributed by atoms with Crippen LogP contribution in [0.15, 0.2) is 60.7 Å². The van der Waals surface area contributed by atoms with E-state index in [2.05, 4.69) is 21.1 Å². The number of fused-ring (bicyclic) bond motifs is 3. The van der Waals surface area contributed by atoms with Gasteiger partial charge in [0, 0.05) is 12.3 Å². The molecule has 1 saturated carbocycles. The summed E-state index contributed by atoms with van der Waals surface area (Å²) in [4.78, 5) is 66.9. The molecule has 2 aliphatic heterocycles. The Hall–Kier alpha value is -4.65. The molecule has 3 heterocycles. The van der Waals surface area contributed by atoms with Gasteiger partial charge in [0.25, 0.3) is 11.1 Å². The number of allylic oxidation sites excluding steroid dienone is 1. The normalized spacial score (nSPS) is 25.7. The lowest BCUT2D eigenvalue weighted by Crippen LogP contribution is -2.58. The summed E-state index contributed by atoms with van der Waals surface area (Å²) in [7, 11) is 0. The maximum absolute atomic E-state index is 14.3. The standard InChI is InChI=1S/C37H45N5O7S/c1-23-17-18-27-30(19-23)50-35(39-27)47-26-20-29-31(43)40-37(33(45)41-49-25-14-10-8-11-15-25)21-24(37)13-9-6-5-7-12-16-28(32(44)42(29)22-26)38-34(46)48-36(2,3)4/h8-11,13-15,17-19,24,26,28-29H,5-7,12,16,20-22H2,1-4H3,(H,38,46)(H,40,43)(H,41,45)/t24-,26-,28+,29+,37-/m1/s1. The molecule has 12 nitrogen and oxygen atoms in total. The predicted octanol–water partition coefficient (Wildman–Crippen LogP) is 5.35. The smallest absolute Gasteiger partial charge is 0.408 e. The number of hydroxylamine groups is 1. The minimum absolute atomic E-state index is 0.0953. The van der Waals surface area contributed by atoms with E-state index in [1.165, 1.54) is 16.2 Å². The zero-order valence-electron chi connectivity index (χ0n) is 28.9. The number of rotatable bonds is 6. The molecule has 0 bridgehead atoms. The molecule has 1 aromatic heterocycles. The fraction of sp³-hybridized carbons (Fsp3) is 0.486. The third kappa shape index (κ3) is 8.38. The lowest BCUT2D eigenvalue weighted by atomic mass is 10.0. The maximum Gasteiger partial charge on any atom is 0.408 e. The second-order valence-corrected chi connectivity index (χ2v) is 15.3. The molecule has 266 valence electrons. The van der Waals surface area contributed by atoms with Gasteiger partial charge < -0.3 is 29.8 Å². The average molecular weight is 704 g/mol. The number of carbonyl (C=O) groups excluding carboxylic acids is 4. The summed E-state index contributed by atoms with van der Waals surface area (Å²) in [6, 6.07) is 12.9. The summed E-state index contributed by atoms with van der Waals surface area (Å²) >= 11 is 1.40. The second-order valence-electron chi connectivity index (χ2n) is 14.3. The van der Waals surface area contributed by atoms with Crippen molar-refractivity contribution in [2.24, 2.45) is 5.92 Å². The third-order valence-corrected chi connectivity index (χ3v) is 10.0. The fourth-order valence-electron chi connectivity index (χ4n) is 6.50. The van der Waals surface area contributed by atoms with E-state index in [0.717, 1.165) is 35.0 Å². The molecule has 0 radical (unpaired) electrons. The van der Waals surface area contributed by atoms with Crippen molar-refractivity contribution in [2.75, 3.05) is 6.54 Å². The van der Waals surface area contributed by atoms with Gasteiger partial charge in [-0.25, -0.2) is 9.78 Å². The van der Waals surface area contributed by atoms with Crippen LogP contribution in [-0.4, -0.2) is 69.6 Å². The lowest BCUT2D eigenvalue weighted by Gasteiger charge is -2.30. The number of nitrogens with one attached hydrogen (secondary N) is 3. The van der Waals surface area contributed by atoms with Crippen LogP contribution in [0.2, 0.25) is 0 Å². The molecule has 0 unspecified atom stereocenters. The Morgan fingerprint density at radius 1 is 1.08 bits per heavy atom. The number of thiazole rings is 1. The van der Waals surface area contributed by atoms with Crippen LogP contribution in [-0.2, 0) is 19.1 Å². The predicted molar refractivity (Wildman–Crippen MR) is 188 cm³/mol. The molecule has 3 aromatic rings. The number of alkyl carbamates (subject to hydrolysis) is 1.